The molecular weight excluding hydrogens is 310 g/mol. The first-order valence-corrected chi connectivity index (χ1v) is 8.86. The lowest BCUT2D eigenvalue weighted by atomic mass is 9.75. The molecule has 2 aliphatic rings. The molecule has 23 heavy (non-hydrogen) atoms. The number of quaternary nitrogens is 1. The van der Waals surface area contributed by atoms with Crippen molar-refractivity contribution in [3.63, 3.8) is 0 Å². The standard InChI is InChI=1S/C18H22ClN3O/c19-16-6-5-14(10-20)17(9-16)21-18(23)12-22-8-7-13-3-1-2-4-15(13)11-22/h5-6,9,13,15H,1-4,7-8,11-12H2,(H,21,23)/p+1/t13-,15+/m0/s1. The number of fused-ring (bicyclic) bond motifs is 1. The minimum absolute atomic E-state index is 0.0342. The van der Waals surface area contributed by atoms with Gasteiger partial charge in [-0.2, -0.15) is 5.26 Å². The first kappa shape index (κ1) is 16.3. The average molecular weight is 333 g/mol. The SMILES string of the molecule is N#Cc1ccc(Cl)cc1NC(=O)C[NH+]1CC[C@@H]2CCCC[C@@H]2C1. The summed E-state index contributed by atoms with van der Waals surface area (Å²) in [6.07, 6.45) is 6.66. The number of piperidine rings is 1. The number of benzene rings is 1. The van der Waals surface area contributed by atoms with E-state index in [0.717, 1.165) is 24.9 Å². The monoisotopic (exact) mass is 332 g/mol. The predicted octanol–water partition coefficient (Wildman–Crippen LogP) is 2.25. The van der Waals surface area contributed by atoms with Gasteiger partial charge in [0.15, 0.2) is 6.54 Å². The Labute approximate surface area is 142 Å². The van der Waals surface area contributed by atoms with Gasteiger partial charge in [0.1, 0.15) is 6.07 Å². The lowest BCUT2D eigenvalue weighted by molar-refractivity contribution is -0.902. The summed E-state index contributed by atoms with van der Waals surface area (Å²) >= 11 is 5.96. The van der Waals surface area contributed by atoms with Gasteiger partial charge in [0.25, 0.3) is 5.91 Å². The first-order valence-electron chi connectivity index (χ1n) is 8.49. The summed E-state index contributed by atoms with van der Waals surface area (Å²) in [4.78, 5) is 13.7. The number of hydrogen-bond donors (Lipinski definition) is 2. The van der Waals surface area contributed by atoms with E-state index < -0.39 is 0 Å². The smallest absolute Gasteiger partial charge is 0.279 e. The Balaban J connectivity index is 1.58. The Bertz CT molecular complexity index is 625. The Kier molecular flexibility index (Phi) is 5.20. The molecule has 2 N–H and O–H groups in total. The third-order valence-corrected chi connectivity index (χ3v) is 5.51. The van der Waals surface area contributed by atoms with E-state index >= 15 is 0 Å². The van der Waals surface area contributed by atoms with E-state index in [0.29, 0.717) is 22.8 Å². The molecule has 4 nitrogen and oxygen atoms in total. The number of carbonyl (C=O) groups is 1. The molecule has 0 aromatic heterocycles. The van der Waals surface area contributed by atoms with E-state index in [2.05, 4.69) is 11.4 Å². The lowest BCUT2D eigenvalue weighted by Crippen LogP contribution is -3.15. The summed E-state index contributed by atoms with van der Waals surface area (Å²) in [6.45, 7) is 2.66. The van der Waals surface area contributed by atoms with Crippen LogP contribution in [0.3, 0.4) is 0 Å². The number of amides is 1. The van der Waals surface area contributed by atoms with Crippen LogP contribution in [-0.2, 0) is 4.79 Å². The molecule has 1 heterocycles. The average Bonchev–Trinajstić information content (AvgIpc) is 2.55. The van der Waals surface area contributed by atoms with E-state index in [1.165, 1.54) is 37.0 Å². The van der Waals surface area contributed by atoms with E-state index in [9.17, 15) is 4.79 Å². The van der Waals surface area contributed by atoms with E-state index in [1.54, 1.807) is 18.2 Å². The number of nitrogens with one attached hydrogen (secondary N) is 2. The fourth-order valence-electron chi connectivity index (χ4n) is 4.10. The zero-order valence-electron chi connectivity index (χ0n) is 13.3. The molecular formula is C18H23ClN3O+. The van der Waals surface area contributed by atoms with Crippen molar-refractivity contribution < 1.29 is 9.69 Å². The highest BCUT2D eigenvalue weighted by atomic mass is 35.5. The fourth-order valence-corrected chi connectivity index (χ4v) is 4.27. The zero-order chi connectivity index (χ0) is 16.2. The van der Waals surface area contributed by atoms with Gasteiger partial charge in [0.05, 0.1) is 24.3 Å². The summed E-state index contributed by atoms with van der Waals surface area (Å²) < 4.78 is 0. The van der Waals surface area contributed by atoms with Crippen LogP contribution in [0.2, 0.25) is 5.02 Å². The van der Waals surface area contributed by atoms with Crippen molar-refractivity contribution in [3.8, 4) is 6.07 Å². The summed E-state index contributed by atoms with van der Waals surface area (Å²) in [5.41, 5.74) is 0.959. The zero-order valence-corrected chi connectivity index (χ0v) is 14.0. The van der Waals surface area contributed by atoms with Crippen molar-refractivity contribution in [1.82, 2.24) is 0 Å². The highest BCUT2D eigenvalue weighted by Crippen LogP contribution is 2.32. The van der Waals surface area contributed by atoms with Gasteiger partial charge in [-0.25, -0.2) is 0 Å². The molecule has 1 aromatic carbocycles. The maximum Gasteiger partial charge on any atom is 0.279 e. The van der Waals surface area contributed by atoms with E-state index in [4.69, 9.17) is 16.9 Å². The van der Waals surface area contributed by atoms with Crippen LogP contribution in [0.1, 0.15) is 37.7 Å². The van der Waals surface area contributed by atoms with Crippen molar-refractivity contribution in [1.29, 1.82) is 5.26 Å². The third-order valence-electron chi connectivity index (χ3n) is 5.27. The van der Waals surface area contributed by atoms with Crippen LogP contribution in [0.5, 0.6) is 0 Å². The number of nitrogens with zero attached hydrogens (tertiary/aromatic N) is 1. The van der Waals surface area contributed by atoms with Crippen LogP contribution in [0, 0.1) is 23.2 Å². The van der Waals surface area contributed by atoms with Crippen LogP contribution >= 0.6 is 11.6 Å². The molecule has 0 bridgehead atoms. The van der Waals surface area contributed by atoms with E-state index in [-0.39, 0.29) is 5.91 Å². The maximum absolute atomic E-state index is 12.3. The number of anilines is 1. The predicted molar refractivity (Wildman–Crippen MR) is 90.4 cm³/mol. The summed E-state index contributed by atoms with van der Waals surface area (Å²) in [5, 5.41) is 12.5. The van der Waals surface area contributed by atoms with Gasteiger partial charge < -0.3 is 10.2 Å². The van der Waals surface area contributed by atoms with Gasteiger partial charge in [0, 0.05) is 10.9 Å². The Morgan fingerprint density at radius 1 is 1.30 bits per heavy atom. The molecule has 1 aliphatic carbocycles. The summed E-state index contributed by atoms with van der Waals surface area (Å²) in [6, 6.07) is 7.03. The first-order chi connectivity index (χ1) is 11.2. The minimum atomic E-state index is -0.0342. The van der Waals surface area contributed by atoms with E-state index in [1.807, 2.05) is 0 Å². The van der Waals surface area contributed by atoms with Crippen LogP contribution < -0.4 is 10.2 Å². The Hall–Kier alpha value is -1.57. The van der Waals surface area contributed by atoms with Crippen LogP contribution in [0.25, 0.3) is 0 Å². The molecule has 1 saturated heterocycles. The highest BCUT2D eigenvalue weighted by Gasteiger charge is 2.34. The molecule has 0 radical (unpaired) electrons. The van der Waals surface area contributed by atoms with Gasteiger partial charge >= 0.3 is 0 Å². The van der Waals surface area contributed by atoms with Crippen molar-refractivity contribution in [2.24, 2.45) is 11.8 Å². The third kappa shape index (κ3) is 4.04. The number of carbonyl (C=O) groups excluding carboxylic acids is 1. The molecule has 122 valence electrons. The second-order valence-electron chi connectivity index (χ2n) is 6.82. The molecule has 1 unspecified atom stereocenters. The molecule has 1 aliphatic heterocycles. The Morgan fingerprint density at radius 3 is 2.87 bits per heavy atom. The van der Waals surface area contributed by atoms with Gasteiger partial charge in [-0.1, -0.05) is 24.4 Å². The highest BCUT2D eigenvalue weighted by molar-refractivity contribution is 6.31. The largest absolute Gasteiger partial charge is 0.327 e. The maximum atomic E-state index is 12.3. The molecule has 0 spiro atoms. The molecule has 2 fully saturated rings. The lowest BCUT2D eigenvalue weighted by Gasteiger charge is -2.38. The van der Waals surface area contributed by atoms with Crippen molar-refractivity contribution in [3.05, 3.63) is 28.8 Å². The molecule has 1 aromatic rings. The van der Waals surface area contributed by atoms with Gasteiger partial charge in [0.2, 0.25) is 0 Å². The number of nitriles is 1. The number of rotatable bonds is 3. The number of halogens is 1. The second-order valence-corrected chi connectivity index (χ2v) is 7.26. The number of likely N-dealkylation sites (tertiary alicyclic amines) is 1. The summed E-state index contributed by atoms with van der Waals surface area (Å²) in [7, 11) is 0. The van der Waals surface area contributed by atoms with Crippen LogP contribution in [0.15, 0.2) is 18.2 Å². The molecule has 3 atom stereocenters. The van der Waals surface area contributed by atoms with Gasteiger partial charge in [-0.05, 0) is 43.4 Å². The van der Waals surface area contributed by atoms with Crippen molar-refractivity contribution >= 4 is 23.2 Å². The minimum Gasteiger partial charge on any atom is -0.327 e. The Morgan fingerprint density at radius 2 is 2.09 bits per heavy atom. The summed E-state index contributed by atoms with van der Waals surface area (Å²) in [5.74, 6) is 1.64. The van der Waals surface area contributed by atoms with Crippen molar-refractivity contribution in [2.45, 2.75) is 32.1 Å². The van der Waals surface area contributed by atoms with Gasteiger partial charge in [-0.15, -0.1) is 0 Å². The number of hydrogen-bond acceptors (Lipinski definition) is 2. The molecule has 1 amide bonds. The van der Waals surface area contributed by atoms with Crippen LogP contribution in [0.4, 0.5) is 5.69 Å². The van der Waals surface area contributed by atoms with Gasteiger partial charge in [-0.3, -0.25) is 4.79 Å². The molecule has 3 rings (SSSR count). The molecule has 1 saturated carbocycles. The quantitative estimate of drug-likeness (QED) is 0.892. The van der Waals surface area contributed by atoms with Crippen LogP contribution in [-0.4, -0.2) is 25.5 Å². The second kappa shape index (κ2) is 7.33. The van der Waals surface area contributed by atoms with Crippen molar-refractivity contribution in [2.75, 3.05) is 25.0 Å². The topological polar surface area (TPSA) is 57.3 Å². The molecule has 5 heteroatoms. The normalized spacial score (nSPS) is 26.9. The fraction of sp³-hybridized carbons (Fsp3) is 0.556.